The standard InChI is InChI=1S/C20H23N3O3/c24-18(22-17-10-13-21-23(17)16-8-4-5-9-16)14-26-19(25)20(11-12-20)15-6-2-1-3-7-15/h1-3,6-7,10,13,16H,4-5,8-9,11-12,14H2,(H,22,24). The van der Waals surface area contributed by atoms with E-state index in [0.29, 0.717) is 11.9 Å². The molecule has 2 aliphatic rings. The number of hydrogen-bond donors (Lipinski definition) is 1. The van der Waals surface area contributed by atoms with Crippen molar-refractivity contribution in [3.05, 3.63) is 48.2 Å². The van der Waals surface area contributed by atoms with Gasteiger partial charge in [-0.05, 0) is 31.2 Å². The Morgan fingerprint density at radius 2 is 1.88 bits per heavy atom. The number of esters is 1. The van der Waals surface area contributed by atoms with Gasteiger partial charge in [-0.1, -0.05) is 43.2 Å². The lowest BCUT2D eigenvalue weighted by molar-refractivity contribution is -0.150. The highest BCUT2D eigenvalue weighted by Crippen LogP contribution is 2.49. The maximum absolute atomic E-state index is 12.5. The molecule has 1 N–H and O–H groups in total. The van der Waals surface area contributed by atoms with Gasteiger partial charge in [0.1, 0.15) is 5.82 Å². The fraction of sp³-hybridized carbons (Fsp3) is 0.450. The Balaban J connectivity index is 1.34. The number of anilines is 1. The van der Waals surface area contributed by atoms with Gasteiger partial charge in [0.25, 0.3) is 5.91 Å². The number of ether oxygens (including phenoxy) is 1. The van der Waals surface area contributed by atoms with Crippen LogP contribution in [0.25, 0.3) is 0 Å². The maximum atomic E-state index is 12.5. The van der Waals surface area contributed by atoms with Crippen molar-refractivity contribution in [1.82, 2.24) is 9.78 Å². The summed E-state index contributed by atoms with van der Waals surface area (Å²) in [6.07, 6.45) is 7.78. The van der Waals surface area contributed by atoms with Gasteiger partial charge < -0.3 is 10.1 Å². The molecule has 2 saturated carbocycles. The van der Waals surface area contributed by atoms with Crippen molar-refractivity contribution < 1.29 is 14.3 Å². The first-order chi connectivity index (χ1) is 12.7. The van der Waals surface area contributed by atoms with Gasteiger partial charge in [-0.2, -0.15) is 5.10 Å². The van der Waals surface area contributed by atoms with E-state index in [-0.39, 0.29) is 18.5 Å². The first-order valence-corrected chi connectivity index (χ1v) is 9.25. The van der Waals surface area contributed by atoms with Gasteiger partial charge in [0.05, 0.1) is 17.7 Å². The Morgan fingerprint density at radius 3 is 2.58 bits per heavy atom. The summed E-state index contributed by atoms with van der Waals surface area (Å²) in [5, 5.41) is 7.15. The van der Waals surface area contributed by atoms with E-state index in [1.54, 1.807) is 12.3 Å². The lowest BCUT2D eigenvalue weighted by Crippen LogP contribution is -2.28. The third-order valence-corrected chi connectivity index (χ3v) is 5.41. The SMILES string of the molecule is O=C(COC(=O)C1(c2ccccc2)CC1)Nc1ccnn1C1CCCC1. The maximum Gasteiger partial charge on any atom is 0.317 e. The largest absolute Gasteiger partial charge is 0.455 e. The van der Waals surface area contributed by atoms with Gasteiger partial charge in [0, 0.05) is 6.07 Å². The van der Waals surface area contributed by atoms with Crippen LogP contribution in [0.3, 0.4) is 0 Å². The van der Waals surface area contributed by atoms with E-state index in [2.05, 4.69) is 10.4 Å². The molecule has 0 aliphatic heterocycles. The molecule has 26 heavy (non-hydrogen) atoms. The van der Waals surface area contributed by atoms with Gasteiger partial charge in [0.2, 0.25) is 0 Å². The van der Waals surface area contributed by atoms with Crippen LogP contribution < -0.4 is 5.32 Å². The molecule has 4 rings (SSSR count). The van der Waals surface area contributed by atoms with Gasteiger partial charge in [-0.15, -0.1) is 0 Å². The first kappa shape index (κ1) is 16.8. The topological polar surface area (TPSA) is 73.2 Å². The molecule has 0 atom stereocenters. The fourth-order valence-electron chi connectivity index (χ4n) is 3.79. The minimum Gasteiger partial charge on any atom is -0.455 e. The monoisotopic (exact) mass is 353 g/mol. The van der Waals surface area contributed by atoms with Gasteiger partial charge >= 0.3 is 5.97 Å². The second-order valence-corrected chi connectivity index (χ2v) is 7.17. The molecule has 1 aromatic carbocycles. The van der Waals surface area contributed by atoms with E-state index in [1.165, 1.54) is 12.8 Å². The molecule has 6 nitrogen and oxygen atoms in total. The summed E-state index contributed by atoms with van der Waals surface area (Å²) in [7, 11) is 0. The number of amides is 1. The predicted octanol–water partition coefficient (Wildman–Crippen LogP) is 3.21. The average Bonchev–Trinajstić information content (AvgIpc) is 3.06. The van der Waals surface area contributed by atoms with Crippen LogP contribution in [0.1, 0.15) is 50.1 Å². The minimum atomic E-state index is -0.562. The van der Waals surface area contributed by atoms with E-state index in [4.69, 9.17) is 4.74 Å². The van der Waals surface area contributed by atoms with Crippen molar-refractivity contribution in [2.75, 3.05) is 11.9 Å². The van der Waals surface area contributed by atoms with E-state index < -0.39 is 5.41 Å². The summed E-state index contributed by atoms with van der Waals surface area (Å²) in [5.41, 5.74) is 0.400. The van der Waals surface area contributed by atoms with Crippen molar-refractivity contribution in [3.63, 3.8) is 0 Å². The van der Waals surface area contributed by atoms with E-state index in [1.807, 2.05) is 35.0 Å². The van der Waals surface area contributed by atoms with E-state index in [9.17, 15) is 9.59 Å². The zero-order valence-electron chi connectivity index (χ0n) is 14.7. The highest BCUT2D eigenvalue weighted by molar-refractivity contribution is 5.94. The minimum absolute atomic E-state index is 0.275. The first-order valence-electron chi connectivity index (χ1n) is 9.25. The number of hydrogen-bond acceptors (Lipinski definition) is 4. The number of aromatic nitrogens is 2. The number of carbonyl (C=O) groups excluding carboxylic acids is 2. The molecule has 136 valence electrons. The molecule has 1 amide bonds. The zero-order valence-corrected chi connectivity index (χ0v) is 14.7. The molecular weight excluding hydrogens is 330 g/mol. The number of carbonyl (C=O) groups is 2. The summed E-state index contributed by atoms with van der Waals surface area (Å²) in [6, 6.07) is 11.8. The van der Waals surface area contributed by atoms with Crippen LogP contribution in [-0.2, 0) is 19.7 Å². The quantitative estimate of drug-likeness (QED) is 0.810. The zero-order chi connectivity index (χ0) is 18.0. The molecule has 2 aliphatic carbocycles. The van der Waals surface area contributed by atoms with Gasteiger partial charge in [-0.25, -0.2) is 4.68 Å². The molecule has 0 unspecified atom stereocenters. The molecule has 0 saturated heterocycles. The lowest BCUT2D eigenvalue weighted by atomic mass is 9.96. The number of nitrogens with zero attached hydrogens (tertiary/aromatic N) is 2. The third kappa shape index (κ3) is 3.23. The molecular formula is C20H23N3O3. The summed E-state index contributed by atoms with van der Waals surface area (Å²) in [4.78, 5) is 24.7. The van der Waals surface area contributed by atoms with Crippen LogP contribution >= 0.6 is 0 Å². The number of nitrogens with one attached hydrogen (secondary N) is 1. The Morgan fingerprint density at radius 1 is 1.15 bits per heavy atom. The highest BCUT2D eigenvalue weighted by atomic mass is 16.5. The fourth-order valence-corrected chi connectivity index (χ4v) is 3.79. The molecule has 0 bridgehead atoms. The smallest absolute Gasteiger partial charge is 0.317 e. The van der Waals surface area contributed by atoms with Crippen molar-refractivity contribution in [2.24, 2.45) is 0 Å². The lowest BCUT2D eigenvalue weighted by Gasteiger charge is -2.16. The summed E-state index contributed by atoms with van der Waals surface area (Å²) >= 11 is 0. The van der Waals surface area contributed by atoms with Crippen LogP contribution in [0.5, 0.6) is 0 Å². The molecule has 1 aromatic heterocycles. The molecule has 0 radical (unpaired) electrons. The summed E-state index contributed by atoms with van der Waals surface area (Å²) in [5.74, 6) is 0.0206. The second-order valence-electron chi connectivity index (χ2n) is 7.17. The Kier molecular flexibility index (Phi) is 4.49. The van der Waals surface area contributed by atoms with Crippen LogP contribution in [-0.4, -0.2) is 28.3 Å². The molecule has 2 fully saturated rings. The normalized spacial score (nSPS) is 18.5. The van der Waals surface area contributed by atoms with Crippen molar-refractivity contribution in [2.45, 2.75) is 50.0 Å². The molecule has 2 aromatic rings. The number of benzene rings is 1. The van der Waals surface area contributed by atoms with Gasteiger partial charge in [0.15, 0.2) is 6.61 Å². The van der Waals surface area contributed by atoms with Crippen LogP contribution in [0.15, 0.2) is 42.6 Å². The second kappa shape index (κ2) is 6.94. The van der Waals surface area contributed by atoms with Crippen LogP contribution in [0, 0.1) is 0 Å². The molecule has 6 heteroatoms. The van der Waals surface area contributed by atoms with Crippen LogP contribution in [0.4, 0.5) is 5.82 Å². The molecule has 0 spiro atoms. The van der Waals surface area contributed by atoms with Crippen molar-refractivity contribution in [3.8, 4) is 0 Å². The van der Waals surface area contributed by atoms with E-state index in [0.717, 1.165) is 31.2 Å². The van der Waals surface area contributed by atoms with E-state index >= 15 is 0 Å². The van der Waals surface area contributed by atoms with Crippen molar-refractivity contribution >= 4 is 17.7 Å². The highest BCUT2D eigenvalue weighted by Gasteiger charge is 2.52. The number of rotatable bonds is 6. The van der Waals surface area contributed by atoms with Crippen molar-refractivity contribution in [1.29, 1.82) is 0 Å². The summed E-state index contributed by atoms with van der Waals surface area (Å²) in [6.45, 7) is -0.275. The Bertz CT molecular complexity index is 790. The summed E-state index contributed by atoms with van der Waals surface area (Å²) < 4.78 is 7.19. The third-order valence-electron chi connectivity index (χ3n) is 5.41. The Labute approximate surface area is 152 Å². The predicted molar refractivity (Wildman–Crippen MR) is 96.7 cm³/mol. The van der Waals surface area contributed by atoms with Gasteiger partial charge in [-0.3, -0.25) is 9.59 Å². The van der Waals surface area contributed by atoms with Crippen LogP contribution in [0.2, 0.25) is 0 Å². The Hall–Kier alpha value is -2.63. The average molecular weight is 353 g/mol. The molecule has 1 heterocycles.